The Morgan fingerprint density at radius 1 is 0.955 bits per heavy atom. The van der Waals surface area contributed by atoms with E-state index in [-0.39, 0.29) is 5.91 Å². The van der Waals surface area contributed by atoms with Gasteiger partial charge in [-0.2, -0.15) is 0 Å². The molecule has 0 heterocycles. The first kappa shape index (κ1) is 16.2. The van der Waals surface area contributed by atoms with Gasteiger partial charge in [-0.1, -0.05) is 60.7 Å². The van der Waals surface area contributed by atoms with Gasteiger partial charge in [0.15, 0.2) is 0 Å². The maximum absolute atomic E-state index is 12.3. The highest BCUT2D eigenvalue weighted by molar-refractivity contribution is 5.76. The highest BCUT2D eigenvalue weighted by Gasteiger charge is 2.11. The summed E-state index contributed by atoms with van der Waals surface area (Å²) in [7, 11) is 0. The van der Waals surface area contributed by atoms with E-state index in [1.165, 1.54) is 11.1 Å². The molecule has 2 aromatic carbocycles. The van der Waals surface area contributed by atoms with Gasteiger partial charge in [0.2, 0.25) is 5.91 Å². The van der Waals surface area contributed by atoms with Gasteiger partial charge < -0.3 is 10.2 Å². The molecule has 0 bridgehead atoms. The molecule has 2 aromatic rings. The number of rotatable bonds is 8. The SMILES string of the molecule is CCN(Cc1ccccc1)C(=O)CCNCc1ccccc1. The van der Waals surface area contributed by atoms with Crippen LogP contribution in [0.15, 0.2) is 60.7 Å². The van der Waals surface area contributed by atoms with Crippen molar-refractivity contribution in [1.82, 2.24) is 10.2 Å². The van der Waals surface area contributed by atoms with Crippen LogP contribution in [0.25, 0.3) is 0 Å². The molecule has 22 heavy (non-hydrogen) atoms. The summed E-state index contributed by atoms with van der Waals surface area (Å²) in [6.45, 7) is 4.97. The van der Waals surface area contributed by atoms with Crippen molar-refractivity contribution in [2.75, 3.05) is 13.1 Å². The van der Waals surface area contributed by atoms with E-state index >= 15 is 0 Å². The molecule has 0 saturated heterocycles. The largest absolute Gasteiger partial charge is 0.339 e. The molecule has 0 atom stereocenters. The van der Waals surface area contributed by atoms with Crippen molar-refractivity contribution in [2.24, 2.45) is 0 Å². The van der Waals surface area contributed by atoms with Gasteiger partial charge in [0.05, 0.1) is 0 Å². The minimum absolute atomic E-state index is 0.201. The van der Waals surface area contributed by atoms with Crippen molar-refractivity contribution in [3.05, 3.63) is 71.8 Å². The number of nitrogens with zero attached hydrogens (tertiary/aromatic N) is 1. The van der Waals surface area contributed by atoms with Gasteiger partial charge in [-0.25, -0.2) is 0 Å². The Kier molecular flexibility index (Phi) is 6.65. The van der Waals surface area contributed by atoms with Crippen molar-refractivity contribution < 1.29 is 4.79 Å². The van der Waals surface area contributed by atoms with Gasteiger partial charge in [-0.15, -0.1) is 0 Å². The Balaban J connectivity index is 1.73. The molecule has 0 aliphatic rings. The minimum atomic E-state index is 0.201. The first-order valence-corrected chi connectivity index (χ1v) is 7.86. The van der Waals surface area contributed by atoms with Crippen LogP contribution in [0.2, 0.25) is 0 Å². The molecular formula is C19H24N2O. The van der Waals surface area contributed by atoms with Gasteiger partial charge in [0, 0.05) is 32.6 Å². The highest BCUT2D eigenvalue weighted by atomic mass is 16.2. The lowest BCUT2D eigenvalue weighted by Crippen LogP contribution is -2.32. The third kappa shape index (κ3) is 5.34. The normalized spacial score (nSPS) is 10.4. The predicted molar refractivity (Wildman–Crippen MR) is 90.3 cm³/mol. The van der Waals surface area contributed by atoms with Crippen LogP contribution in [0.1, 0.15) is 24.5 Å². The molecule has 0 fully saturated rings. The fourth-order valence-electron chi connectivity index (χ4n) is 2.36. The third-order valence-electron chi connectivity index (χ3n) is 3.64. The van der Waals surface area contributed by atoms with E-state index in [1.807, 2.05) is 48.2 Å². The van der Waals surface area contributed by atoms with Crippen molar-refractivity contribution in [3.63, 3.8) is 0 Å². The van der Waals surface area contributed by atoms with Crippen LogP contribution in [0, 0.1) is 0 Å². The molecular weight excluding hydrogens is 272 g/mol. The number of hydrogen-bond acceptors (Lipinski definition) is 2. The maximum atomic E-state index is 12.3. The Labute approximate surface area is 133 Å². The molecule has 1 amide bonds. The average Bonchev–Trinajstić information content (AvgIpc) is 2.58. The number of carbonyl (C=O) groups is 1. The summed E-state index contributed by atoms with van der Waals surface area (Å²) < 4.78 is 0. The Morgan fingerprint density at radius 2 is 1.55 bits per heavy atom. The zero-order chi connectivity index (χ0) is 15.6. The molecule has 0 unspecified atom stereocenters. The number of hydrogen-bond donors (Lipinski definition) is 1. The summed E-state index contributed by atoms with van der Waals surface area (Å²) in [5, 5.41) is 3.33. The van der Waals surface area contributed by atoms with Crippen LogP contribution in [-0.2, 0) is 17.9 Å². The molecule has 0 aliphatic carbocycles. The average molecular weight is 296 g/mol. The van der Waals surface area contributed by atoms with Gasteiger partial charge in [-0.3, -0.25) is 4.79 Å². The van der Waals surface area contributed by atoms with E-state index in [0.717, 1.165) is 13.1 Å². The zero-order valence-corrected chi connectivity index (χ0v) is 13.2. The van der Waals surface area contributed by atoms with E-state index in [1.54, 1.807) is 0 Å². The number of nitrogens with one attached hydrogen (secondary N) is 1. The molecule has 0 saturated carbocycles. The molecule has 0 aromatic heterocycles. The molecule has 3 heteroatoms. The van der Waals surface area contributed by atoms with Gasteiger partial charge in [0.25, 0.3) is 0 Å². The zero-order valence-electron chi connectivity index (χ0n) is 13.2. The second-order valence-corrected chi connectivity index (χ2v) is 5.31. The first-order chi connectivity index (χ1) is 10.8. The summed E-state index contributed by atoms with van der Waals surface area (Å²) in [5.74, 6) is 0.201. The second-order valence-electron chi connectivity index (χ2n) is 5.31. The monoisotopic (exact) mass is 296 g/mol. The Morgan fingerprint density at radius 3 is 2.14 bits per heavy atom. The van der Waals surface area contributed by atoms with Crippen molar-refractivity contribution in [2.45, 2.75) is 26.4 Å². The van der Waals surface area contributed by atoms with Crippen molar-refractivity contribution in [1.29, 1.82) is 0 Å². The number of carbonyl (C=O) groups excluding carboxylic acids is 1. The summed E-state index contributed by atoms with van der Waals surface area (Å²) in [6, 6.07) is 20.4. The quantitative estimate of drug-likeness (QED) is 0.759. The Hall–Kier alpha value is -2.13. The second kappa shape index (κ2) is 9.00. The van der Waals surface area contributed by atoms with E-state index in [9.17, 15) is 4.79 Å². The molecule has 116 valence electrons. The summed E-state index contributed by atoms with van der Waals surface area (Å²) in [5.41, 5.74) is 2.42. The van der Waals surface area contributed by atoms with Crippen LogP contribution >= 0.6 is 0 Å². The Bertz CT molecular complexity index is 554. The van der Waals surface area contributed by atoms with E-state index in [2.05, 4.69) is 29.6 Å². The van der Waals surface area contributed by atoms with Crippen LogP contribution in [0.5, 0.6) is 0 Å². The fourth-order valence-corrected chi connectivity index (χ4v) is 2.36. The molecule has 0 aliphatic heterocycles. The lowest BCUT2D eigenvalue weighted by atomic mass is 10.2. The molecule has 1 N–H and O–H groups in total. The fraction of sp³-hybridized carbons (Fsp3) is 0.316. The standard InChI is InChI=1S/C19H24N2O/c1-2-21(16-18-11-7-4-8-12-18)19(22)13-14-20-15-17-9-5-3-6-10-17/h3-12,20H,2,13-16H2,1H3. The minimum Gasteiger partial charge on any atom is -0.339 e. The molecule has 3 nitrogen and oxygen atoms in total. The first-order valence-electron chi connectivity index (χ1n) is 7.86. The molecule has 0 radical (unpaired) electrons. The lowest BCUT2D eigenvalue weighted by molar-refractivity contribution is -0.131. The molecule has 0 spiro atoms. The van der Waals surface area contributed by atoms with Crippen LogP contribution in [0.4, 0.5) is 0 Å². The number of amides is 1. The number of benzene rings is 2. The van der Waals surface area contributed by atoms with Crippen molar-refractivity contribution in [3.8, 4) is 0 Å². The van der Waals surface area contributed by atoms with Gasteiger partial charge >= 0.3 is 0 Å². The topological polar surface area (TPSA) is 32.3 Å². The highest BCUT2D eigenvalue weighted by Crippen LogP contribution is 2.05. The van der Waals surface area contributed by atoms with E-state index in [4.69, 9.17) is 0 Å². The van der Waals surface area contributed by atoms with E-state index in [0.29, 0.717) is 19.5 Å². The van der Waals surface area contributed by atoms with Crippen LogP contribution in [-0.4, -0.2) is 23.9 Å². The lowest BCUT2D eigenvalue weighted by Gasteiger charge is -2.21. The van der Waals surface area contributed by atoms with E-state index < -0.39 is 0 Å². The van der Waals surface area contributed by atoms with Gasteiger partial charge in [-0.05, 0) is 18.1 Å². The summed E-state index contributed by atoms with van der Waals surface area (Å²) >= 11 is 0. The third-order valence-corrected chi connectivity index (χ3v) is 3.64. The van der Waals surface area contributed by atoms with Crippen LogP contribution in [0.3, 0.4) is 0 Å². The smallest absolute Gasteiger partial charge is 0.224 e. The van der Waals surface area contributed by atoms with Gasteiger partial charge in [0.1, 0.15) is 0 Å². The van der Waals surface area contributed by atoms with Crippen LogP contribution < -0.4 is 5.32 Å². The van der Waals surface area contributed by atoms with Crippen molar-refractivity contribution >= 4 is 5.91 Å². The summed E-state index contributed by atoms with van der Waals surface area (Å²) in [4.78, 5) is 14.2. The predicted octanol–water partition coefficient (Wildman–Crippen LogP) is 3.22. The maximum Gasteiger partial charge on any atom is 0.224 e. The molecule has 2 rings (SSSR count). The summed E-state index contributed by atoms with van der Waals surface area (Å²) in [6.07, 6.45) is 0.535.